The van der Waals surface area contributed by atoms with Gasteiger partial charge in [0, 0.05) is 5.56 Å². The summed E-state index contributed by atoms with van der Waals surface area (Å²) in [6.45, 7) is -2.95. The van der Waals surface area contributed by atoms with E-state index >= 15 is 0 Å². The van der Waals surface area contributed by atoms with Crippen molar-refractivity contribution < 1.29 is 23.0 Å². The molecule has 0 aliphatic heterocycles. The number of fused-ring (bicyclic) bond motifs is 1. The zero-order chi connectivity index (χ0) is 17.8. The number of rotatable bonds is 5. The lowest BCUT2D eigenvalue weighted by Gasteiger charge is -2.26. The number of amides is 1. The van der Waals surface area contributed by atoms with Crippen molar-refractivity contribution in [3.8, 4) is 11.5 Å². The molecule has 0 unspecified atom stereocenters. The highest BCUT2D eigenvalue weighted by Gasteiger charge is 2.22. The van der Waals surface area contributed by atoms with Crippen molar-refractivity contribution in [1.29, 1.82) is 0 Å². The van der Waals surface area contributed by atoms with E-state index in [-0.39, 0.29) is 23.4 Å². The van der Waals surface area contributed by atoms with Crippen LogP contribution in [0.3, 0.4) is 0 Å². The first-order chi connectivity index (χ1) is 12.1. The van der Waals surface area contributed by atoms with Crippen LogP contribution in [-0.2, 0) is 6.42 Å². The number of hydrogen-bond acceptors (Lipinski definition) is 3. The molecule has 1 N–H and O–H groups in total. The molecule has 1 aliphatic rings. The molecule has 0 heterocycles. The van der Waals surface area contributed by atoms with Crippen LogP contribution in [0.1, 0.15) is 40.4 Å². The number of methoxy groups -OCH3 is 1. The average molecular weight is 347 g/mol. The number of nitrogens with one attached hydrogen (secondary N) is 1. The van der Waals surface area contributed by atoms with Crippen LogP contribution < -0.4 is 14.8 Å². The number of hydrogen-bond donors (Lipinski definition) is 1. The van der Waals surface area contributed by atoms with Crippen molar-refractivity contribution in [2.75, 3.05) is 7.11 Å². The van der Waals surface area contributed by atoms with Crippen LogP contribution in [0, 0.1) is 0 Å². The van der Waals surface area contributed by atoms with Gasteiger partial charge >= 0.3 is 6.61 Å². The first-order valence-corrected chi connectivity index (χ1v) is 8.10. The maximum atomic E-state index is 12.6. The fourth-order valence-corrected chi connectivity index (χ4v) is 3.15. The van der Waals surface area contributed by atoms with E-state index in [1.165, 1.54) is 30.9 Å². The lowest BCUT2D eigenvalue weighted by Crippen LogP contribution is -2.31. The number of aryl methyl sites for hydroxylation is 1. The molecule has 1 aliphatic carbocycles. The maximum Gasteiger partial charge on any atom is 0.387 e. The van der Waals surface area contributed by atoms with Crippen molar-refractivity contribution in [1.82, 2.24) is 5.32 Å². The number of benzene rings is 2. The maximum absolute atomic E-state index is 12.6. The highest BCUT2D eigenvalue weighted by Crippen LogP contribution is 2.32. The van der Waals surface area contributed by atoms with Crippen molar-refractivity contribution in [2.45, 2.75) is 31.9 Å². The van der Waals surface area contributed by atoms with Crippen molar-refractivity contribution >= 4 is 5.91 Å². The van der Waals surface area contributed by atoms with E-state index in [9.17, 15) is 13.6 Å². The second kappa shape index (κ2) is 7.51. The molecule has 0 radical (unpaired) electrons. The molecular formula is C19H19F2NO3. The summed E-state index contributed by atoms with van der Waals surface area (Å²) in [6, 6.07) is 12.2. The first kappa shape index (κ1) is 17.2. The van der Waals surface area contributed by atoms with E-state index in [1.807, 2.05) is 18.2 Å². The van der Waals surface area contributed by atoms with E-state index in [0.717, 1.165) is 24.8 Å². The Morgan fingerprint density at radius 3 is 2.76 bits per heavy atom. The van der Waals surface area contributed by atoms with Crippen LogP contribution in [0.4, 0.5) is 8.78 Å². The Hall–Kier alpha value is -2.63. The van der Waals surface area contributed by atoms with Crippen LogP contribution in [0.25, 0.3) is 0 Å². The smallest absolute Gasteiger partial charge is 0.387 e. The number of carbonyl (C=O) groups excluding carboxylic acids is 1. The Balaban J connectivity index is 1.78. The highest BCUT2D eigenvalue weighted by molar-refractivity contribution is 5.95. The van der Waals surface area contributed by atoms with Crippen LogP contribution in [0.15, 0.2) is 42.5 Å². The molecular weight excluding hydrogens is 328 g/mol. The van der Waals surface area contributed by atoms with Gasteiger partial charge in [-0.25, -0.2) is 0 Å². The lowest BCUT2D eigenvalue weighted by molar-refractivity contribution is -0.0512. The van der Waals surface area contributed by atoms with E-state index in [4.69, 9.17) is 4.74 Å². The van der Waals surface area contributed by atoms with Crippen LogP contribution in [0.5, 0.6) is 11.5 Å². The Morgan fingerprint density at radius 1 is 1.20 bits per heavy atom. The van der Waals surface area contributed by atoms with Gasteiger partial charge in [-0.3, -0.25) is 4.79 Å². The van der Waals surface area contributed by atoms with Gasteiger partial charge in [-0.05, 0) is 48.6 Å². The molecule has 3 rings (SSSR count). The minimum Gasteiger partial charge on any atom is -0.493 e. The van der Waals surface area contributed by atoms with Crippen LogP contribution in [-0.4, -0.2) is 19.6 Å². The second-order valence-corrected chi connectivity index (χ2v) is 5.86. The van der Waals surface area contributed by atoms with Gasteiger partial charge in [0.1, 0.15) is 0 Å². The number of alkyl halides is 2. The third-order valence-corrected chi connectivity index (χ3v) is 4.32. The van der Waals surface area contributed by atoms with E-state index in [0.29, 0.717) is 5.56 Å². The Kier molecular flexibility index (Phi) is 5.16. The fourth-order valence-electron chi connectivity index (χ4n) is 3.15. The fraction of sp³-hybridized carbons (Fsp3) is 0.316. The standard InChI is InChI=1S/C19H19F2NO3/c1-24-17-11-13(9-10-16(17)25-19(20)21)18(23)22-15-8-4-6-12-5-2-3-7-14(12)15/h2-3,5,7,9-11,15,19H,4,6,8H2,1H3,(H,22,23)/t15-/m1/s1. The van der Waals surface area contributed by atoms with Gasteiger partial charge in [0.15, 0.2) is 11.5 Å². The summed E-state index contributed by atoms with van der Waals surface area (Å²) in [7, 11) is 1.34. The molecule has 0 saturated carbocycles. The largest absolute Gasteiger partial charge is 0.493 e. The van der Waals surface area contributed by atoms with Crippen molar-refractivity contribution in [3.05, 3.63) is 59.2 Å². The Morgan fingerprint density at radius 2 is 2.00 bits per heavy atom. The molecule has 0 spiro atoms. The predicted molar refractivity (Wildman–Crippen MR) is 89.2 cm³/mol. The predicted octanol–water partition coefficient (Wildman–Crippen LogP) is 4.10. The Bertz CT molecular complexity index is 764. The third kappa shape index (κ3) is 3.90. The molecule has 0 saturated heterocycles. The Labute approximate surface area is 144 Å². The molecule has 0 bridgehead atoms. The summed E-state index contributed by atoms with van der Waals surface area (Å²) in [5, 5.41) is 3.02. The molecule has 0 aromatic heterocycles. The van der Waals surface area contributed by atoms with Gasteiger partial charge < -0.3 is 14.8 Å². The van der Waals surface area contributed by atoms with Gasteiger partial charge in [-0.1, -0.05) is 24.3 Å². The van der Waals surface area contributed by atoms with Gasteiger partial charge in [0.2, 0.25) is 0 Å². The zero-order valence-corrected chi connectivity index (χ0v) is 13.8. The molecule has 2 aromatic rings. The van der Waals surface area contributed by atoms with E-state index in [2.05, 4.69) is 16.1 Å². The lowest BCUT2D eigenvalue weighted by atomic mass is 9.87. The van der Waals surface area contributed by atoms with E-state index < -0.39 is 6.61 Å². The summed E-state index contributed by atoms with van der Waals surface area (Å²) < 4.78 is 34.2. The summed E-state index contributed by atoms with van der Waals surface area (Å²) >= 11 is 0. The molecule has 2 aromatic carbocycles. The zero-order valence-electron chi connectivity index (χ0n) is 13.8. The molecule has 132 valence electrons. The quantitative estimate of drug-likeness (QED) is 0.886. The van der Waals surface area contributed by atoms with Crippen LogP contribution in [0.2, 0.25) is 0 Å². The average Bonchev–Trinajstić information content (AvgIpc) is 2.62. The molecule has 25 heavy (non-hydrogen) atoms. The van der Waals surface area contributed by atoms with E-state index in [1.54, 1.807) is 0 Å². The van der Waals surface area contributed by atoms with Crippen molar-refractivity contribution in [2.24, 2.45) is 0 Å². The van der Waals surface area contributed by atoms with Gasteiger partial charge in [-0.15, -0.1) is 0 Å². The molecule has 4 nitrogen and oxygen atoms in total. The molecule has 6 heteroatoms. The normalized spacial score (nSPS) is 16.2. The van der Waals surface area contributed by atoms with Gasteiger partial charge in [-0.2, -0.15) is 8.78 Å². The molecule has 1 atom stereocenters. The number of ether oxygens (including phenoxy) is 2. The SMILES string of the molecule is COc1cc(C(=O)N[C@@H]2CCCc3ccccc32)ccc1OC(F)F. The van der Waals surface area contributed by atoms with Crippen LogP contribution >= 0.6 is 0 Å². The highest BCUT2D eigenvalue weighted by atomic mass is 19.3. The van der Waals surface area contributed by atoms with Crippen molar-refractivity contribution in [3.63, 3.8) is 0 Å². The molecule has 0 fully saturated rings. The van der Waals surface area contributed by atoms with Gasteiger partial charge in [0.05, 0.1) is 13.2 Å². The minimum atomic E-state index is -2.95. The summed E-state index contributed by atoms with van der Waals surface area (Å²) in [6.07, 6.45) is 2.88. The second-order valence-electron chi connectivity index (χ2n) is 5.86. The van der Waals surface area contributed by atoms with Gasteiger partial charge in [0.25, 0.3) is 5.91 Å². The minimum absolute atomic E-state index is 0.0552. The number of halogens is 2. The summed E-state index contributed by atoms with van der Waals surface area (Å²) in [5.41, 5.74) is 2.71. The number of carbonyl (C=O) groups is 1. The summed E-state index contributed by atoms with van der Waals surface area (Å²) in [4.78, 5) is 12.6. The summed E-state index contributed by atoms with van der Waals surface area (Å²) in [5.74, 6) is -0.280. The first-order valence-electron chi connectivity index (χ1n) is 8.10. The third-order valence-electron chi connectivity index (χ3n) is 4.32. The topological polar surface area (TPSA) is 47.6 Å². The molecule has 1 amide bonds. The monoisotopic (exact) mass is 347 g/mol.